The molecule has 0 spiro atoms. The van der Waals surface area contributed by atoms with Crippen LogP contribution in [0.2, 0.25) is 0 Å². The maximum Gasteiger partial charge on any atom is 0.279 e. The Morgan fingerprint density at radius 3 is 2.80 bits per heavy atom. The summed E-state index contributed by atoms with van der Waals surface area (Å²) in [4.78, 5) is 20.5. The maximum absolute atomic E-state index is 10.6. The van der Waals surface area contributed by atoms with Gasteiger partial charge in [-0.25, -0.2) is 0 Å². The van der Waals surface area contributed by atoms with Crippen LogP contribution in [0.4, 0.5) is 5.69 Å². The average Bonchev–Trinajstić information content (AvgIpc) is 2.25. The highest BCUT2D eigenvalue weighted by Crippen LogP contribution is 2.17. The van der Waals surface area contributed by atoms with E-state index in [2.05, 4.69) is 11.8 Å². The van der Waals surface area contributed by atoms with E-state index in [1.54, 1.807) is 0 Å². The summed E-state index contributed by atoms with van der Waals surface area (Å²) in [5.74, 6) is 5.29. The molecule has 2 N–H and O–H groups in total. The highest BCUT2D eigenvalue weighted by molar-refractivity contribution is 5.82. The van der Waals surface area contributed by atoms with E-state index < -0.39 is 4.92 Å². The summed E-state index contributed by atoms with van der Waals surface area (Å²) in [5.41, 5.74) is 5.51. The standard InChI is InChI=1S/C10H8N2O3/c11-5-1-2-8-3-4-10(12(14)15)9(6-8)7-13/h3-4,6-7H,5,11H2. The van der Waals surface area contributed by atoms with Crippen molar-refractivity contribution in [3.05, 3.63) is 39.4 Å². The van der Waals surface area contributed by atoms with Crippen LogP contribution >= 0.6 is 0 Å². The Bertz CT molecular complexity index is 457. The number of nitrogens with zero attached hydrogens (tertiary/aromatic N) is 1. The lowest BCUT2D eigenvalue weighted by molar-refractivity contribution is -0.385. The zero-order valence-electron chi connectivity index (χ0n) is 7.77. The van der Waals surface area contributed by atoms with Crippen LogP contribution in [0.25, 0.3) is 0 Å². The predicted molar refractivity (Wildman–Crippen MR) is 54.4 cm³/mol. The molecule has 1 aromatic carbocycles. The van der Waals surface area contributed by atoms with Crippen LogP contribution in [-0.4, -0.2) is 17.8 Å². The number of carbonyl (C=O) groups is 1. The van der Waals surface area contributed by atoms with Gasteiger partial charge in [0.05, 0.1) is 17.0 Å². The SMILES string of the molecule is NCC#Cc1ccc([N+](=O)[O-])c(C=O)c1. The molecule has 0 fully saturated rings. The van der Waals surface area contributed by atoms with E-state index in [-0.39, 0.29) is 17.8 Å². The zero-order valence-corrected chi connectivity index (χ0v) is 7.77. The molecule has 0 amide bonds. The Morgan fingerprint density at radius 2 is 2.27 bits per heavy atom. The molecule has 5 heteroatoms. The monoisotopic (exact) mass is 204 g/mol. The molecular formula is C10H8N2O3. The lowest BCUT2D eigenvalue weighted by atomic mass is 10.1. The number of aldehydes is 1. The van der Waals surface area contributed by atoms with Crippen LogP contribution in [0.1, 0.15) is 15.9 Å². The minimum Gasteiger partial charge on any atom is -0.320 e. The van der Waals surface area contributed by atoms with Gasteiger partial charge >= 0.3 is 0 Å². The first-order chi connectivity index (χ1) is 7.19. The Hall–Kier alpha value is -2.19. The number of rotatable bonds is 2. The zero-order chi connectivity index (χ0) is 11.3. The fourth-order valence-corrected chi connectivity index (χ4v) is 1.05. The molecule has 0 saturated carbocycles. The Kier molecular flexibility index (Phi) is 3.55. The van der Waals surface area contributed by atoms with Crippen molar-refractivity contribution in [2.45, 2.75) is 0 Å². The van der Waals surface area contributed by atoms with Crippen LogP contribution in [0.3, 0.4) is 0 Å². The second-order valence-electron chi connectivity index (χ2n) is 2.65. The summed E-state index contributed by atoms with van der Waals surface area (Å²) in [6.07, 6.45) is 0.436. The number of benzene rings is 1. The number of carbonyl (C=O) groups excluding carboxylic acids is 1. The summed E-state index contributed by atoms with van der Waals surface area (Å²) < 4.78 is 0. The number of hydrogen-bond donors (Lipinski definition) is 1. The van der Waals surface area contributed by atoms with Crippen molar-refractivity contribution in [2.24, 2.45) is 5.73 Å². The molecule has 0 aliphatic heterocycles. The number of nitro benzene ring substituents is 1. The van der Waals surface area contributed by atoms with Gasteiger partial charge in [0.1, 0.15) is 0 Å². The minimum atomic E-state index is -0.607. The summed E-state index contributed by atoms with van der Waals surface area (Å²) >= 11 is 0. The Morgan fingerprint density at radius 1 is 1.53 bits per heavy atom. The molecule has 0 radical (unpaired) electrons. The molecule has 0 heterocycles. The van der Waals surface area contributed by atoms with Crippen molar-refractivity contribution in [2.75, 3.05) is 6.54 Å². The molecule has 0 saturated heterocycles. The molecule has 0 atom stereocenters. The number of nitro groups is 1. The van der Waals surface area contributed by atoms with Gasteiger partial charge in [0.2, 0.25) is 0 Å². The quantitative estimate of drug-likeness (QED) is 0.333. The topological polar surface area (TPSA) is 86.2 Å². The molecule has 0 bridgehead atoms. The van der Waals surface area contributed by atoms with Gasteiger partial charge in [0.25, 0.3) is 5.69 Å². The van der Waals surface area contributed by atoms with Crippen molar-refractivity contribution < 1.29 is 9.72 Å². The molecule has 15 heavy (non-hydrogen) atoms. The van der Waals surface area contributed by atoms with Crippen LogP contribution in [0, 0.1) is 22.0 Å². The van der Waals surface area contributed by atoms with E-state index in [9.17, 15) is 14.9 Å². The Balaban J connectivity index is 3.19. The van der Waals surface area contributed by atoms with Crippen LogP contribution in [0.15, 0.2) is 18.2 Å². The molecule has 0 aromatic heterocycles. The van der Waals surface area contributed by atoms with Crippen molar-refractivity contribution in [1.82, 2.24) is 0 Å². The van der Waals surface area contributed by atoms with Crippen molar-refractivity contribution in [1.29, 1.82) is 0 Å². The van der Waals surface area contributed by atoms with Gasteiger partial charge < -0.3 is 5.73 Å². The van der Waals surface area contributed by atoms with E-state index in [4.69, 9.17) is 5.73 Å². The highest BCUT2D eigenvalue weighted by Gasteiger charge is 2.12. The third-order valence-corrected chi connectivity index (χ3v) is 1.69. The van der Waals surface area contributed by atoms with Crippen LogP contribution in [-0.2, 0) is 0 Å². The van der Waals surface area contributed by atoms with Gasteiger partial charge in [-0.3, -0.25) is 14.9 Å². The van der Waals surface area contributed by atoms with E-state index in [1.165, 1.54) is 18.2 Å². The number of nitrogens with two attached hydrogens (primary N) is 1. The average molecular weight is 204 g/mol. The third-order valence-electron chi connectivity index (χ3n) is 1.69. The van der Waals surface area contributed by atoms with E-state index >= 15 is 0 Å². The lowest BCUT2D eigenvalue weighted by Crippen LogP contribution is -1.95. The molecule has 1 aromatic rings. The van der Waals surface area contributed by atoms with Crippen molar-refractivity contribution >= 4 is 12.0 Å². The molecule has 1 rings (SSSR count). The summed E-state index contributed by atoms with van der Waals surface area (Å²) in [6.45, 7) is 0.202. The lowest BCUT2D eigenvalue weighted by Gasteiger charge is -1.95. The first-order valence-electron chi connectivity index (χ1n) is 4.11. The van der Waals surface area contributed by atoms with Crippen LogP contribution in [0.5, 0.6) is 0 Å². The van der Waals surface area contributed by atoms with Gasteiger partial charge in [-0.05, 0) is 12.1 Å². The molecule has 0 unspecified atom stereocenters. The highest BCUT2D eigenvalue weighted by atomic mass is 16.6. The molecule has 76 valence electrons. The molecule has 5 nitrogen and oxygen atoms in total. The number of hydrogen-bond acceptors (Lipinski definition) is 4. The predicted octanol–water partition coefficient (Wildman–Crippen LogP) is 0.718. The largest absolute Gasteiger partial charge is 0.320 e. The van der Waals surface area contributed by atoms with Gasteiger partial charge in [-0.2, -0.15) is 0 Å². The fourth-order valence-electron chi connectivity index (χ4n) is 1.05. The summed E-state index contributed by atoms with van der Waals surface area (Å²) in [6, 6.07) is 4.10. The van der Waals surface area contributed by atoms with Gasteiger partial charge in [-0.15, -0.1) is 0 Å². The van der Waals surface area contributed by atoms with E-state index in [1.807, 2.05) is 0 Å². The van der Waals surface area contributed by atoms with E-state index in [0.29, 0.717) is 11.8 Å². The first kappa shape index (κ1) is 10.9. The summed E-state index contributed by atoms with van der Waals surface area (Å²) in [7, 11) is 0. The molecule has 0 aliphatic rings. The van der Waals surface area contributed by atoms with Gasteiger partial charge in [-0.1, -0.05) is 11.8 Å². The third kappa shape index (κ3) is 2.62. The summed E-state index contributed by atoms with van der Waals surface area (Å²) in [5, 5.41) is 10.5. The smallest absolute Gasteiger partial charge is 0.279 e. The fraction of sp³-hybridized carbons (Fsp3) is 0.100. The minimum absolute atomic E-state index is 0.0174. The second-order valence-corrected chi connectivity index (χ2v) is 2.65. The van der Waals surface area contributed by atoms with E-state index in [0.717, 1.165) is 0 Å². The van der Waals surface area contributed by atoms with Gasteiger partial charge in [0.15, 0.2) is 6.29 Å². The van der Waals surface area contributed by atoms with Crippen molar-refractivity contribution in [3.63, 3.8) is 0 Å². The molecular weight excluding hydrogens is 196 g/mol. The Labute approximate surface area is 86.0 Å². The van der Waals surface area contributed by atoms with Crippen molar-refractivity contribution in [3.8, 4) is 11.8 Å². The van der Waals surface area contributed by atoms with Crippen LogP contribution < -0.4 is 5.73 Å². The van der Waals surface area contributed by atoms with Gasteiger partial charge in [0, 0.05) is 11.6 Å². The maximum atomic E-state index is 10.6. The first-order valence-corrected chi connectivity index (χ1v) is 4.11. The second kappa shape index (κ2) is 4.88. The molecule has 0 aliphatic carbocycles. The normalized spacial score (nSPS) is 8.87.